The lowest BCUT2D eigenvalue weighted by Crippen LogP contribution is -2.33. The van der Waals surface area contributed by atoms with Crippen molar-refractivity contribution in [2.75, 3.05) is 0 Å². The summed E-state index contributed by atoms with van der Waals surface area (Å²) >= 11 is 0. The number of carbonyl (C=O) groups excluding carboxylic acids is 1. The van der Waals surface area contributed by atoms with Crippen molar-refractivity contribution in [1.82, 2.24) is 15.3 Å². The van der Waals surface area contributed by atoms with E-state index in [9.17, 15) is 4.79 Å². The molecule has 3 aromatic rings. The topological polar surface area (TPSA) is 57.8 Å². The van der Waals surface area contributed by atoms with Crippen LogP contribution in [0, 0.1) is 5.92 Å². The van der Waals surface area contributed by atoms with Gasteiger partial charge in [0.2, 0.25) is 5.91 Å². The van der Waals surface area contributed by atoms with Crippen molar-refractivity contribution in [2.24, 2.45) is 5.92 Å². The van der Waals surface area contributed by atoms with E-state index in [0.29, 0.717) is 12.3 Å². The summed E-state index contributed by atoms with van der Waals surface area (Å²) in [5.74, 6) is 1.53. The summed E-state index contributed by atoms with van der Waals surface area (Å²) in [6, 6.07) is 16.4. The standard InChI is InChI=1S/C22H25N3O/c1-14(2)21(22-23-18-9-5-6-10-19(18)24-22)25-20(26)13-16-12-11-15-7-3-4-8-17(15)16/h3-10,14,16,21H,11-13H2,1-2H3,(H,23,24)(H,25,26)/t16?,21-/m0/s1. The van der Waals surface area contributed by atoms with Crippen LogP contribution in [-0.4, -0.2) is 15.9 Å². The molecule has 1 unspecified atom stereocenters. The summed E-state index contributed by atoms with van der Waals surface area (Å²) in [7, 11) is 0. The molecule has 1 amide bonds. The lowest BCUT2D eigenvalue weighted by Gasteiger charge is -2.21. The molecule has 2 aromatic carbocycles. The number of amides is 1. The van der Waals surface area contributed by atoms with Gasteiger partial charge in [-0.05, 0) is 47.9 Å². The molecule has 0 bridgehead atoms. The van der Waals surface area contributed by atoms with Gasteiger partial charge >= 0.3 is 0 Å². The summed E-state index contributed by atoms with van der Waals surface area (Å²) in [5.41, 5.74) is 4.68. The van der Waals surface area contributed by atoms with Crippen molar-refractivity contribution in [1.29, 1.82) is 0 Å². The Labute approximate surface area is 154 Å². The molecule has 0 spiro atoms. The number of fused-ring (bicyclic) bond motifs is 2. The molecule has 0 saturated carbocycles. The maximum atomic E-state index is 12.8. The van der Waals surface area contributed by atoms with E-state index in [1.165, 1.54) is 11.1 Å². The number of imidazole rings is 1. The van der Waals surface area contributed by atoms with Gasteiger partial charge in [0.15, 0.2) is 0 Å². The molecule has 1 heterocycles. The number of nitrogens with one attached hydrogen (secondary N) is 2. The van der Waals surface area contributed by atoms with E-state index in [1.807, 2.05) is 24.3 Å². The second-order valence-electron chi connectivity index (χ2n) is 7.57. The zero-order valence-corrected chi connectivity index (χ0v) is 15.3. The Morgan fingerprint density at radius 1 is 1.19 bits per heavy atom. The Balaban J connectivity index is 1.49. The highest BCUT2D eigenvalue weighted by molar-refractivity contribution is 5.78. The molecular weight excluding hydrogens is 322 g/mol. The molecule has 1 aliphatic rings. The van der Waals surface area contributed by atoms with Crippen LogP contribution in [0.25, 0.3) is 11.0 Å². The normalized spacial score (nSPS) is 17.4. The molecule has 2 N–H and O–H groups in total. The zero-order valence-electron chi connectivity index (χ0n) is 15.3. The van der Waals surface area contributed by atoms with E-state index >= 15 is 0 Å². The Kier molecular flexibility index (Phi) is 4.49. The quantitative estimate of drug-likeness (QED) is 0.714. The number of aryl methyl sites for hydroxylation is 1. The molecule has 134 valence electrons. The maximum absolute atomic E-state index is 12.8. The van der Waals surface area contributed by atoms with Crippen LogP contribution < -0.4 is 5.32 Å². The molecule has 0 aliphatic heterocycles. The van der Waals surface area contributed by atoms with E-state index < -0.39 is 0 Å². The first-order chi connectivity index (χ1) is 12.6. The average Bonchev–Trinajstić information content (AvgIpc) is 3.23. The van der Waals surface area contributed by atoms with Crippen LogP contribution in [0.1, 0.15) is 55.6 Å². The zero-order chi connectivity index (χ0) is 18.1. The van der Waals surface area contributed by atoms with Gasteiger partial charge in [0.25, 0.3) is 0 Å². The first-order valence-corrected chi connectivity index (χ1v) is 9.43. The second-order valence-corrected chi connectivity index (χ2v) is 7.57. The number of rotatable bonds is 5. The number of carbonyl (C=O) groups is 1. The molecule has 4 rings (SSSR count). The number of aromatic nitrogens is 2. The lowest BCUT2D eigenvalue weighted by molar-refractivity contribution is -0.122. The minimum Gasteiger partial charge on any atom is -0.346 e. The third kappa shape index (κ3) is 3.24. The minimum absolute atomic E-state index is 0.103. The highest BCUT2D eigenvalue weighted by atomic mass is 16.1. The Hall–Kier alpha value is -2.62. The smallest absolute Gasteiger partial charge is 0.221 e. The molecule has 0 saturated heterocycles. The van der Waals surface area contributed by atoms with E-state index in [0.717, 1.165) is 29.7 Å². The number of aromatic amines is 1. The van der Waals surface area contributed by atoms with E-state index in [1.54, 1.807) is 0 Å². The number of H-pyrrole nitrogens is 1. The molecule has 26 heavy (non-hydrogen) atoms. The summed E-state index contributed by atoms with van der Waals surface area (Å²) in [6.07, 6.45) is 2.68. The molecular formula is C22H25N3O. The number of para-hydroxylation sites is 2. The van der Waals surface area contributed by atoms with E-state index in [-0.39, 0.29) is 17.9 Å². The Bertz CT molecular complexity index is 895. The number of hydrogen-bond donors (Lipinski definition) is 2. The molecule has 0 fully saturated rings. The van der Waals surface area contributed by atoms with Gasteiger partial charge in [-0.25, -0.2) is 4.98 Å². The van der Waals surface area contributed by atoms with Crippen molar-refractivity contribution >= 4 is 16.9 Å². The first-order valence-electron chi connectivity index (χ1n) is 9.43. The monoisotopic (exact) mass is 347 g/mol. The van der Waals surface area contributed by atoms with Gasteiger partial charge in [0.05, 0.1) is 17.1 Å². The summed E-state index contributed by atoms with van der Waals surface area (Å²) < 4.78 is 0. The Morgan fingerprint density at radius 3 is 2.77 bits per heavy atom. The van der Waals surface area contributed by atoms with Crippen LogP contribution in [0.5, 0.6) is 0 Å². The molecule has 1 aliphatic carbocycles. The van der Waals surface area contributed by atoms with Gasteiger partial charge in [0.1, 0.15) is 5.82 Å². The second kappa shape index (κ2) is 6.94. The van der Waals surface area contributed by atoms with Gasteiger partial charge < -0.3 is 10.3 Å². The summed E-state index contributed by atoms with van der Waals surface area (Å²) in [5, 5.41) is 3.22. The fourth-order valence-corrected chi connectivity index (χ4v) is 3.98. The van der Waals surface area contributed by atoms with E-state index in [2.05, 4.69) is 53.4 Å². The number of nitrogens with zero attached hydrogens (tertiary/aromatic N) is 1. The molecule has 0 radical (unpaired) electrons. The molecule has 4 nitrogen and oxygen atoms in total. The van der Waals surface area contributed by atoms with Crippen LogP contribution in [0.4, 0.5) is 0 Å². The van der Waals surface area contributed by atoms with E-state index in [4.69, 9.17) is 0 Å². The van der Waals surface area contributed by atoms with Crippen LogP contribution in [0.3, 0.4) is 0 Å². The van der Waals surface area contributed by atoms with Crippen LogP contribution >= 0.6 is 0 Å². The highest BCUT2D eigenvalue weighted by Gasteiger charge is 2.27. The largest absolute Gasteiger partial charge is 0.346 e. The van der Waals surface area contributed by atoms with Crippen molar-refractivity contribution < 1.29 is 4.79 Å². The van der Waals surface area contributed by atoms with Crippen molar-refractivity contribution in [2.45, 2.75) is 45.1 Å². The summed E-state index contributed by atoms with van der Waals surface area (Å²) in [6.45, 7) is 4.23. The van der Waals surface area contributed by atoms with Crippen molar-refractivity contribution in [3.63, 3.8) is 0 Å². The maximum Gasteiger partial charge on any atom is 0.221 e. The highest BCUT2D eigenvalue weighted by Crippen LogP contribution is 2.35. The summed E-state index contributed by atoms with van der Waals surface area (Å²) in [4.78, 5) is 20.8. The minimum atomic E-state index is -0.105. The first kappa shape index (κ1) is 16.8. The van der Waals surface area contributed by atoms with Crippen molar-refractivity contribution in [3.05, 3.63) is 65.5 Å². The van der Waals surface area contributed by atoms with Gasteiger partial charge in [0, 0.05) is 6.42 Å². The van der Waals surface area contributed by atoms with Crippen molar-refractivity contribution in [3.8, 4) is 0 Å². The van der Waals surface area contributed by atoms with Crippen LogP contribution in [0.2, 0.25) is 0 Å². The SMILES string of the molecule is CC(C)[C@H](NC(=O)CC1CCc2ccccc21)c1nc2ccccc2[nH]1. The predicted molar refractivity (Wildman–Crippen MR) is 104 cm³/mol. The van der Waals surface area contributed by atoms with Crippen LogP contribution in [-0.2, 0) is 11.2 Å². The third-order valence-corrected chi connectivity index (χ3v) is 5.37. The fourth-order valence-electron chi connectivity index (χ4n) is 3.98. The number of benzene rings is 2. The van der Waals surface area contributed by atoms with Crippen LogP contribution in [0.15, 0.2) is 48.5 Å². The van der Waals surface area contributed by atoms with Gasteiger partial charge in [-0.15, -0.1) is 0 Å². The third-order valence-electron chi connectivity index (χ3n) is 5.37. The molecule has 2 atom stereocenters. The number of hydrogen-bond acceptors (Lipinski definition) is 2. The average molecular weight is 347 g/mol. The lowest BCUT2D eigenvalue weighted by atomic mass is 9.96. The van der Waals surface area contributed by atoms with Gasteiger partial charge in [-0.3, -0.25) is 4.79 Å². The molecule has 4 heteroatoms. The molecule has 1 aromatic heterocycles. The predicted octanol–water partition coefficient (Wildman–Crippen LogP) is 4.50. The van der Waals surface area contributed by atoms with Gasteiger partial charge in [-0.1, -0.05) is 50.2 Å². The van der Waals surface area contributed by atoms with Gasteiger partial charge in [-0.2, -0.15) is 0 Å². The fraction of sp³-hybridized carbons (Fsp3) is 0.364. The Morgan fingerprint density at radius 2 is 1.96 bits per heavy atom.